The molecule has 0 amide bonds. The number of rotatable bonds is 6. The first-order chi connectivity index (χ1) is 7.18. The second-order valence-corrected chi connectivity index (χ2v) is 3.56. The maximum atomic E-state index is 5.46. The zero-order chi connectivity index (χ0) is 11.1. The minimum Gasteiger partial charge on any atom is -0.384 e. The minimum absolute atomic E-state index is 0.256. The molecule has 0 bridgehead atoms. The van der Waals surface area contributed by atoms with E-state index in [0.717, 1.165) is 5.56 Å². The molecule has 0 aromatic carbocycles. The standard InChI is InChI=1S/C11H18N2O2/c1-9(2)15-6-5-14-8-10-3-4-11(12)13-7-10/h3-4,7,9H,5-6,8H2,1-2H3,(H2,12,13). The Kier molecular flexibility index (Phi) is 5.07. The molecule has 2 N–H and O–H groups in total. The number of nitrogens with two attached hydrogens (primary N) is 1. The molecule has 0 radical (unpaired) electrons. The molecule has 0 atom stereocenters. The van der Waals surface area contributed by atoms with E-state index in [1.807, 2.05) is 19.9 Å². The van der Waals surface area contributed by atoms with Crippen LogP contribution in [0.15, 0.2) is 18.3 Å². The molecule has 0 aliphatic carbocycles. The summed E-state index contributed by atoms with van der Waals surface area (Å²) in [7, 11) is 0. The van der Waals surface area contributed by atoms with Gasteiger partial charge in [0.15, 0.2) is 0 Å². The van der Waals surface area contributed by atoms with E-state index in [9.17, 15) is 0 Å². The summed E-state index contributed by atoms with van der Waals surface area (Å²) >= 11 is 0. The molecule has 1 aromatic heterocycles. The molecule has 1 aromatic rings. The number of ether oxygens (including phenoxy) is 2. The summed E-state index contributed by atoms with van der Waals surface area (Å²) in [6.07, 6.45) is 1.98. The van der Waals surface area contributed by atoms with Crippen LogP contribution in [0.4, 0.5) is 5.82 Å². The van der Waals surface area contributed by atoms with Crippen molar-refractivity contribution < 1.29 is 9.47 Å². The molecule has 0 saturated heterocycles. The molecule has 84 valence electrons. The summed E-state index contributed by atoms with van der Waals surface area (Å²) in [5, 5.41) is 0. The van der Waals surface area contributed by atoms with E-state index in [2.05, 4.69) is 4.98 Å². The van der Waals surface area contributed by atoms with Crippen LogP contribution in [0.25, 0.3) is 0 Å². The molecular formula is C11H18N2O2. The van der Waals surface area contributed by atoms with Gasteiger partial charge < -0.3 is 15.2 Å². The molecule has 1 heterocycles. The largest absolute Gasteiger partial charge is 0.384 e. The van der Waals surface area contributed by atoms with Gasteiger partial charge in [0.1, 0.15) is 5.82 Å². The number of nitrogen functional groups attached to an aromatic ring is 1. The van der Waals surface area contributed by atoms with Gasteiger partial charge in [0, 0.05) is 6.20 Å². The molecule has 4 heteroatoms. The van der Waals surface area contributed by atoms with Crippen molar-refractivity contribution in [2.45, 2.75) is 26.6 Å². The van der Waals surface area contributed by atoms with Gasteiger partial charge in [-0.15, -0.1) is 0 Å². The fourth-order valence-corrected chi connectivity index (χ4v) is 1.05. The summed E-state index contributed by atoms with van der Waals surface area (Å²) in [5.41, 5.74) is 6.49. The van der Waals surface area contributed by atoms with Crippen LogP contribution < -0.4 is 5.73 Å². The molecule has 0 aliphatic heterocycles. The van der Waals surface area contributed by atoms with Crippen LogP contribution in [0, 0.1) is 0 Å². The summed E-state index contributed by atoms with van der Waals surface area (Å²) in [6, 6.07) is 3.68. The number of anilines is 1. The van der Waals surface area contributed by atoms with Crippen molar-refractivity contribution in [1.29, 1.82) is 0 Å². The third-order valence-electron chi connectivity index (χ3n) is 1.80. The van der Waals surface area contributed by atoms with E-state index < -0.39 is 0 Å². The lowest BCUT2D eigenvalue weighted by atomic mass is 10.3. The summed E-state index contributed by atoms with van der Waals surface area (Å²) in [5.74, 6) is 0.530. The number of aromatic nitrogens is 1. The van der Waals surface area contributed by atoms with Gasteiger partial charge in [0.2, 0.25) is 0 Å². The highest BCUT2D eigenvalue weighted by molar-refractivity contribution is 5.28. The molecular weight excluding hydrogens is 192 g/mol. The first kappa shape index (κ1) is 11.9. The molecule has 4 nitrogen and oxygen atoms in total. The summed E-state index contributed by atoms with van der Waals surface area (Å²) < 4.78 is 10.7. The van der Waals surface area contributed by atoms with Gasteiger partial charge in [0.25, 0.3) is 0 Å². The average Bonchev–Trinajstić information content (AvgIpc) is 2.20. The Morgan fingerprint density at radius 2 is 2.13 bits per heavy atom. The van der Waals surface area contributed by atoms with Gasteiger partial charge in [-0.2, -0.15) is 0 Å². The van der Waals surface area contributed by atoms with Gasteiger partial charge in [-0.05, 0) is 25.5 Å². The van der Waals surface area contributed by atoms with Crippen molar-refractivity contribution in [3.63, 3.8) is 0 Å². The third-order valence-corrected chi connectivity index (χ3v) is 1.80. The van der Waals surface area contributed by atoms with Crippen LogP contribution in [-0.4, -0.2) is 24.3 Å². The highest BCUT2D eigenvalue weighted by Crippen LogP contribution is 2.02. The van der Waals surface area contributed by atoms with Crippen LogP contribution in [0.3, 0.4) is 0 Å². The molecule has 0 spiro atoms. The van der Waals surface area contributed by atoms with Gasteiger partial charge in [-0.25, -0.2) is 4.98 Å². The maximum absolute atomic E-state index is 5.46. The van der Waals surface area contributed by atoms with E-state index in [-0.39, 0.29) is 6.10 Å². The predicted molar refractivity (Wildman–Crippen MR) is 59.4 cm³/mol. The third kappa shape index (κ3) is 5.34. The van der Waals surface area contributed by atoms with E-state index in [4.69, 9.17) is 15.2 Å². The van der Waals surface area contributed by atoms with E-state index in [0.29, 0.717) is 25.6 Å². The highest BCUT2D eigenvalue weighted by atomic mass is 16.5. The fraction of sp³-hybridized carbons (Fsp3) is 0.545. The van der Waals surface area contributed by atoms with Crippen LogP contribution in [0.1, 0.15) is 19.4 Å². The lowest BCUT2D eigenvalue weighted by Crippen LogP contribution is -2.09. The number of hydrogen-bond donors (Lipinski definition) is 1. The van der Waals surface area contributed by atoms with Crippen LogP contribution >= 0.6 is 0 Å². The first-order valence-electron chi connectivity index (χ1n) is 5.08. The van der Waals surface area contributed by atoms with E-state index >= 15 is 0 Å². The molecule has 0 aliphatic rings. The van der Waals surface area contributed by atoms with Crippen molar-refractivity contribution in [1.82, 2.24) is 4.98 Å². The van der Waals surface area contributed by atoms with Crippen molar-refractivity contribution in [2.24, 2.45) is 0 Å². The fourth-order valence-electron chi connectivity index (χ4n) is 1.05. The quantitative estimate of drug-likeness (QED) is 0.725. The Morgan fingerprint density at radius 1 is 1.33 bits per heavy atom. The topological polar surface area (TPSA) is 57.4 Å². The molecule has 1 rings (SSSR count). The van der Waals surface area contributed by atoms with Crippen LogP contribution in [0.5, 0.6) is 0 Å². The molecule has 0 saturated carbocycles. The van der Waals surface area contributed by atoms with Gasteiger partial charge in [0.05, 0.1) is 25.9 Å². The maximum Gasteiger partial charge on any atom is 0.123 e. The van der Waals surface area contributed by atoms with Gasteiger partial charge in [-0.3, -0.25) is 0 Å². The van der Waals surface area contributed by atoms with Crippen molar-refractivity contribution in [3.8, 4) is 0 Å². The lowest BCUT2D eigenvalue weighted by Gasteiger charge is -2.07. The smallest absolute Gasteiger partial charge is 0.123 e. The predicted octanol–water partition coefficient (Wildman–Crippen LogP) is 1.61. The Bertz CT molecular complexity index is 272. The second kappa shape index (κ2) is 6.37. The molecule has 15 heavy (non-hydrogen) atoms. The Morgan fingerprint density at radius 3 is 2.73 bits per heavy atom. The van der Waals surface area contributed by atoms with Crippen molar-refractivity contribution >= 4 is 5.82 Å². The molecule has 0 unspecified atom stereocenters. The number of hydrogen-bond acceptors (Lipinski definition) is 4. The van der Waals surface area contributed by atoms with Crippen LogP contribution in [0.2, 0.25) is 0 Å². The Hall–Kier alpha value is -1.13. The highest BCUT2D eigenvalue weighted by Gasteiger charge is 1.95. The number of nitrogens with zero attached hydrogens (tertiary/aromatic N) is 1. The molecule has 0 fully saturated rings. The normalized spacial score (nSPS) is 10.9. The van der Waals surface area contributed by atoms with E-state index in [1.165, 1.54) is 0 Å². The number of pyridine rings is 1. The van der Waals surface area contributed by atoms with Crippen molar-refractivity contribution in [3.05, 3.63) is 23.9 Å². The van der Waals surface area contributed by atoms with E-state index in [1.54, 1.807) is 12.3 Å². The monoisotopic (exact) mass is 210 g/mol. The summed E-state index contributed by atoms with van der Waals surface area (Å²) in [4.78, 5) is 3.97. The Labute approximate surface area is 90.4 Å². The van der Waals surface area contributed by atoms with Gasteiger partial charge in [-0.1, -0.05) is 6.07 Å². The second-order valence-electron chi connectivity index (χ2n) is 3.56. The van der Waals surface area contributed by atoms with Crippen LogP contribution in [-0.2, 0) is 16.1 Å². The SMILES string of the molecule is CC(C)OCCOCc1ccc(N)nc1. The summed E-state index contributed by atoms with van der Waals surface area (Å²) in [6.45, 7) is 5.78. The van der Waals surface area contributed by atoms with Gasteiger partial charge >= 0.3 is 0 Å². The van der Waals surface area contributed by atoms with Crippen molar-refractivity contribution in [2.75, 3.05) is 18.9 Å². The average molecular weight is 210 g/mol. The minimum atomic E-state index is 0.256. The Balaban J connectivity index is 2.12. The lowest BCUT2D eigenvalue weighted by molar-refractivity contribution is 0.0142. The first-order valence-corrected chi connectivity index (χ1v) is 5.08. The zero-order valence-electron chi connectivity index (χ0n) is 9.27. The zero-order valence-corrected chi connectivity index (χ0v) is 9.27.